The molecule has 1 aromatic rings. The van der Waals surface area contributed by atoms with Gasteiger partial charge in [-0.2, -0.15) is 0 Å². The second-order valence-electron chi connectivity index (χ2n) is 2.32. The number of hydrogen-bond donors (Lipinski definition) is 0. The van der Waals surface area contributed by atoms with E-state index in [4.69, 9.17) is 5.26 Å². The average Bonchev–Trinajstić information content (AvgIpc) is 2.37. The average molecular weight is 339 g/mol. The molecule has 0 unspecified atom stereocenters. The Bertz CT molecular complexity index is 261. The molecule has 0 saturated carbocycles. The van der Waals surface area contributed by atoms with E-state index in [0.29, 0.717) is 6.42 Å². The molecule has 0 aliphatic heterocycles. The minimum absolute atomic E-state index is 0.635. The molecule has 0 spiro atoms. The van der Waals surface area contributed by atoms with Gasteiger partial charge in [0.15, 0.2) is 0 Å². The zero-order valence-electron chi connectivity index (χ0n) is 6.20. The van der Waals surface area contributed by atoms with Crippen molar-refractivity contribution in [2.45, 2.75) is 19.3 Å². The molecule has 3 nitrogen and oxygen atoms in total. The summed E-state index contributed by atoms with van der Waals surface area (Å²) >= 11 is 0.803. The topological polar surface area (TPSA) is 41.6 Å². The Morgan fingerprint density at radius 1 is 1.73 bits per heavy atom. The van der Waals surface area contributed by atoms with Crippen LogP contribution in [0, 0.1) is 11.3 Å². The number of unbranched alkanes of at least 4 members (excludes halogenated alkanes) is 1. The predicted octanol–water partition coefficient (Wildman–Crippen LogP) is 0.661. The molecule has 0 aliphatic rings. The van der Waals surface area contributed by atoms with Crippen LogP contribution in [0.15, 0.2) is 12.5 Å². The third-order valence-electron chi connectivity index (χ3n) is 1.38. The van der Waals surface area contributed by atoms with E-state index in [1.165, 1.54) is 0 Å². The van der Waals surface area contributed by atoms with Crippen molar-refractivity contribution in [1.29, 1.82) is 5.26 Å². The standard InChI is InChI=1S/C7H8N3.Tl/c8-4-2-1-3-7-5-9-6-10-7;/h5-6H,1-3H2;/q-1;+1. The number of imidazole rings is 1. The number of nitriles is 1. The molecule has 0 aliphatic carbocycles. The molecular formula is C7H8N3Tl. The summed E-state index contributed by atoms with van der Waals surface area (Å²) in [7, 11) is 0. The van der Waals surface area contributed by atoms with Gasteiger partial charge in [0.2, 0.25) is 0 Å². The first-order valence-electron chi connectivity index (χ1n) is 3.48. The second-order valence-corrected chi connectivity index (χ2v) is 4.64. The third-order valence-corrected chi connectivity index (χ3v) is 2.47. The van der Waals surface area contributed by atoms with Crippen LogP contribution in [0.25, 0.3) is 0 Å². The maximum absolute atomic E-state index is 8.28. The molecule has 0 aromatic carbocycles. The van der Waals surface area contributed by atoms with Crippen molar-refractivity contribution in [3.05, 3.63) is 18.2 Å². The van der Waals surface area contributed by atoms with Crippen molar-refractivity contribution in [3.8, 4) is 6.07 Å². The summed E-state index contributed by atoms with van der Waals surface area (Å²) in [6, 6.07) is 2.12. The number of nitrogens with zero attached hydrogens (tertiary/aromatic N) is 3. The van der Waals surface area contributed by atoms with Gasteiger partial charge < -0.3 is 0 Å². The Morgan fingerprint density at radius 3 is 3.09 bits per heavy atom. The van der Waals surface area contributed by atoms with E-state index in [1.54, 1.807) is 0 Å². The maximum atomic E-state index is 8.28. The summed E-state index contributed by atoms with van der Waals surface area (Å²) in [5.74, 6) is 0. The van der Waals surface area contributed by atoms with Gasteiger partial charge in [0.05, 0.1) is 0 Å². The zero-order valence-corrected chi connectivity index (χ0v) is 10.7. The number of aromatic nitrogens is 2. The van der Waals surface area contributed by atoms with Crippen LogP contribution in [0.4, 0.5) is 0 Å². The second kappa shape index (κ2) is 4.49. The fraction of sp³-hybridized carbons (Fsp3) is 0.429. The van der Waals surface area contributed by atoms with Gasteiger partial charge >= 0.3 is 82.2 Å². The quantitative estimate of drug-likeness (QED) is 0.600. The zero-order chi connectivity index (χ0) is 8.10. The van der Waals surface area contributed by atoms with Gasteiger partial charge in [-0.15, -0.1) is 0 Å². The molecule has 4 heteroatoms. The van der Waals surface area contributed by atoms with E-state index in [-0.39, 0.29) is 0 Å². The van der Waals surface area contributed by atoms with Crippen molar-refractivity contribution < 1.29 is 0 Å². The molecule has 0 atom stereocenters. The minimum atomic E-state index is 0.635. The van der Waals surface area contributed by atoms with Crippen LogP contribution in [-0.2, 0) is 6.42 Å². The Hall–Kier alpha value is -0.378. The van der Waals surface area contributed by atoms with Crippen LogP contribution in [-0.4, -0.2) is 33.4 Å². The molecule has 0 N–H and O–H groups in total. The van der Waals surface area contributed by atoms with Gasteiger partial charge in [-0.3, -0.25) is 0 Å². The van der Waals surface area contributed by atoms with Crippen LogP contribution in [0.5, 0.6) is 0 Å². The predicted molar refractivity (Wildman–Crippen MR) is 41.9 cm³/mol. The molecule has 11 heavy (non-hydrogen) atoms. The molecule has 1 heterocycles. The number of rotatable bonds is 3. The van der Waals surface area contributed by atoms with Crippen LogP contribution < -0.4 is 0 Å². The van der Waals surface area contributed by atoms with Crippen molar-refractivity contribution in [1.82, 2.24) is 7.36 Å². The van der Waals surface area contributed by atoms with Crippen LogP contribution in [0.1, 0.15) is 18.5 Å². The van der Waals surface area contributed by atoms with Crippen molar-refractivity contribution in [2.24, 2.45) is 0 Å². The molecule has 0 amide bonds. The Labute approximate surface area is 82.2 Å². The van der Waals surface area contributed by atoms with Crippen molar-refractivity contribution in [2.75, 3.05) is 0 Å². The molecule has 0 radical (unpaired) electrons. The van der Waals surface area contributed by atoms with E-state index in [1.807, 2.05) is 6.33 Å². The summed E-state index contributed by atoms with van der Waals surface area (Å²) in [6.07, 6.45) is 6.41. The van der Waals surface area contributed by atoms with E-state index < -0.39 is 0 Å². The van der Waals surface area contributed by atoms with Crippen LogP contribution in [0.3, 0.4) is 0 Å². The van der Waals surface area contributed by atoms with E-state index in [9.17, 15) is 0 Å². The molecule has 54 valence electrons. The van der Waals surface area contributed by atoms with Crippen LogP contribution >= 0.6 is 0 Å². The Balaban J connectivity index is 2.34. The van der Waals surface area contributed by atoms with Gasteiger partial charge in [0, 0.05) is 0 Å². The van der Waals surface area contributed by atoms with Crippen molar-refractivity contribution >= 4 is 26.1 Å². The molecule has 0 bridgehead atoms. The monoisotopic (exact) mass is 339 g/mol. The number of hydrogen-bond acceptors (Lipinski definition) is 2. The molecule has 1 rings (SSSR count). The van der Waals surface area contributed by atoms with Crippen LogP contribution in [0.2, 0.25) is 0 Å². The number of aryl methyl sites for hydroxylation is 1. The van der Waals surface area contributed by atoms with Gasteiger partial charge in [-0.05, 0) is 0 Å². The van der Waals surface area contributed by atoms with Crippen molar-refractivity contribution in [3.63, 3.8) is 0 Å². The first-order valence-corrected chi connectivity index (χ1v) is 5.48. The molecule has 0 saturated heterocycles. The first kappa shape index (κ1) is 8.72. The van der Waals surface area contributed by atoms with E-state index in [0.717, 1.165) is 44.6 Å². The summed E-state index contributed by atoms with van der Waals surface area (Å²) < 4.78 is 2.09. The summed E-state index contributed by atoms with van der Waals surface area (Å²) in [4.78, 5) is 4.18. The van der Waals surface area contributed by atoms with Gasteiger partial charge in [0.1, 0.15) is 0 Å². The molecular weight excluding hydrogens is 330 g/mol. The molecule has 0 fully saturated rings. The van der Waals surface area contributed by atoms with E-state index >= 15 is 0 Å². The van der Waals surface area contributed by atoms with Gasteiger partial charge in [0.25, 0.3) is 0 Å². The van der Waals surface area contributed by atoms with Gasteiger partial charge in [-0.25, -0.2) is 0 Å². The van der Waals surface area contributed by atoms with E-state index in [2.05, 4.69) is 19.6 Å². The summed E-state index contributed by atoms with van der Waals surface area (Å²) in [5.41, 5.74) is 1.11. The summed E-state index contributed by atoms with van der Waals surface area (Å²) in [5, 5.41) is 8.28. The fourth-order valence-corrected chi connectivity index (χ4v) is 1.79. The summed E-state index contributed by atoms with van der Waals surface area (Å²) in [6.45, 7) is 0. The fourth-order valence-electron chi connectivity index (χ4n) is 0.857. The Kier molecular flexibility index (Phi) is 3.56. The third kappa shape index (κ3) is 3.01. The first-order chi connectivity index (χ1) is 5.33. The molecule has 1 aromatic heterocycles. The normalized spacial score (nSPS) is 9.27. The van der Waals surface area contributed by atoms with Gasteiger partial charge in [-0.1, -0.05) is 0 Å². The SMILES string of the molecule is N#CCCCc1c[n]([Tl])cn1. The Morgan fingerprint density at radius 2 is 2.55 bits per heavy atom.